The zero-order valence-corrected chi connectivity index (χ0v) is 38.4. The number of aliphatic hydroxyl groups excluding tert-OH is 2. The highest BCUT2D eigenvalue weighted by molar-refractivity contribution is 7.47. The van der Waals surface area contributed by atoms with Crippen molar-refractivity contribution in [3.63, 3.8) is 0 Å². The van der Waals surface area contributed by atoms with Crippen LogP contribution < -0.4 is 11.1 Å². The van der Waals surface area contributed by atoms with Gasteiger partial charge in [-0.05, 0) is 38.5 Å². The minimum Gasteiger partial charge on any atom is -0.393 e. The molecule has 10 heteroatoms. The smallest absolute Gasteiger partial charge is 0.393 e. The van der Waals surface area contributed by atoms with Gasteiger partial charge in [-0.2, -0.15) is 0 Å². The molecule has 0 rings (SSSR count). The van der Waals surface area contributed by atoms with Crippen molar-refractivity contribution in [2.75, 3.05) is 19.8 Å². The van der Waals surface area contributed by atoms with E-state index in [1.807, 2.05) is 0 Å². The Bertz CT molecular complexity index is 924. The summed E-state index contributed by atoms with van der Waals surface area (Å²) in [5.41, 5.74) is 5.38. The van der Waals surface area contributed by atoms with E-state index in [2.05, 4.69) is 31.3 Å². The molecule has 0 fully saturated rings. The minimum atomic E-state index is -4.38. The van der Waals surface area contributed by atoms with Gasteiger partial charge in [0.05, 0.1) is 37.9 Å². The molecule has 0 aliphatic heterocycles. The van der Waals surface area contributed by atoms with Crippen LogP contribution in [0.15, 0.2) is 12.2 Å². The van der Waals surface area contributed by atoms with Gasteiger partial charge < -0.3 is 26.2 Å². The normalized spacial score (nSPS) is 14.6. The molecule has 0 bridgehead atoms. The van der Waals surface area contributed by atoms with E-state index in [-0.39, 0.29) is 26.2 Å². The maximum Gasteiger partial charge on any atom is 0.472 e. The van der Waals surface area contributed by atoms with Crippen LogP contribution in [0.2, 0.25) is 0 Å². The average molecular weight is 831 g/mol. The SMILES string of the molecule is CCCCCCCCCCC/C=C\CCCCCC(O)CC(=O)NC(COP(=O)(O)OCCN)C(O)CCCCCCCCCCCCCCCCCCCCC. The van der Waals surface area contributed by atoms with Crippen LogP contribution in [-0.2, 0) is 18.4 Å². The summed E-state index contributed by atoms with van der Waals surface area (Å²) in [6.07, 6.45) is 45.4. The molecule has 0 aliphatic rings. The van der Waals surface area contributed by atoms with Crippen molar-refractivity contribution >= 4 is 13.7 Å². The van der Waals surface area contributed by atoms with Gasteiger partial charge in [-0.1, -0.05) is 212 Å². The van der Waals surface area contributed by atoms with Crippen LogP contribution in [0.1, 0.15) is 245 Å². The highest BCUT2D eigenvalue weighted by Crippen LogP contribution is 2.43. The summed E-state index contributed by atoms with van der Waals surface area (Å²) in [5, 5.41) is 24.3. The summed E-state index contributed by atoms with van der Waals surface area (Å²) in [5.74, 6) is -0.418. The van der Waals surface area contributed by atoms with Gasteiger partial charge in [0, 0.05) is 6.54 Å². The van der Waals surface area contributed by atoms with Crippen molar-refractivity contribution in [2.24, 2.45) is 5.73 Å². The van der Waals surface area contributed by atoms with Gasteiger partial charge >= 0.3 is 7.82 Å². The Morgan fingerprint density at radius 3 is 1.37 bits per heavy atom. The van der Waals surface area contributed by atoms with Crippen LogP contribution in [0.3, 0.4) is 0 Å². The van der Waals surface area contributed by atoms with Gasteiger partial charge in [-0.3, -0.25) is 13.8 Å². The zero-order chi connectivity index (χ0) is 41.9. The zero-order valence-electron chi connectivity index (χ0n) is 37.5. The van der Waals surface area contributed by atoms with Gasteiger partial charge in [0.25, 0.3) is 0 Å². The topological polar surface area (TPSA) is 151 Å². The standard InChI is InChI=1S/C47H95N2O7P/c1-3-5-7-9-11-13-15-17-19-21-22-23-25-27-29-31-33-35-37-39-46(51)45(43-56-57(53,54)55-41-40-48)49-47(52)42-44(50)38-36-34-32-30-28-26-24-20-18-16-14-12-10-8-6-4-2/h26,28,44-46,50-51H,3-25,27,29-43,48H2,1-2H3,(H,49,52)(H,53,54)/b28-26-. The van der Waals surface area contributed by atoms with Crippen molar-refractivity contribution < 1.29 is 33.5 Å². The Kier molecular flexibility index (Phi) is 42.7. The molecule has 0 aliphatic carbocycles. The van der Waals surface area contributed by atoms with Crippen LogP contribution in [0.4, 0.5) is 0 Å². The third-order valence-corrected chi connectivity index (χ3v) is 12.2. The molecule has 0 heterocycles. The highest BCUT2D eigenvalue weighted by atomic mass is 31.2. The molecular formula is C47H95N2O7P. The molecule has 0 saturated heterocycles. The Hall–Kier alpha value is -0.800. The molecule has 4 unspecified atom stereocenters. The molecule has 0 aromatic rings. The molecule has 0 saturated carbocycles. The lowest BCUT2D eigenvalue weighted by Gasteiger charge is -2.25. The second-order valence-corrected chi connectivity index (χ2v) is 18.3. The molecule has 340 valence electrons. The summed E-state index contributed by atoms with van der Waals surface area (Å²) in [6, 6.07) is -0.899. The molecule has 0 radical (unpaired) electrons. The first-order chi connectivity index (χ1) is 27.8. The maximum atomic E-state index is 12.9. The highest BCUT2D eigenvalue weighted by Gasteiger charge is 2.28. The molecule has 9 nitrogen and oxygen atoms in total. The fourth-order valence-corrected chi connectivity index (χ4v) is 8.23. The van der Waals surface area contributed by atoms with E-state index >= 15 is 0 Å². The van der Waals surface area contributed by atoms with E-state index in [1.165, 1.54) is 161 Å². The summed E-state index contributed by atoms with van der Waals surface area (Å²) in [6.45, 7) is 4.07. The van der Waals surface area contributed by atoms with E-state index < -0.39 is 32.0 Å². The van der Waals surface area contributed by atoms with Crippen LogP contribution in [0, 0.1) is 0 Å². The monoisotopic (exact) mass is 831 g/mol. The Morgan fingerprint density at radius 1 is 0.579 bits per heavy atom. The molecule has 57 heavy (non-hydrogen) atoms. The quantitative estimate of drug-likeness (QED) is 0.0231. The number of carbonyl (C=O) groups excluding carboxylic acids is 1. The average Bonchev–Trinajstić information content (AvgIpc) is 3.19. The van der Waals surface area contributed by atoms with Crippen LogP contribution in [0.5, 0.6) is 0 Å². The summed E-state index contributed by atoms with van der Waals surface area (Å²) in [7, 11) is -4.38. The predicted molar refractivity (Wildman–Crippen MR) is 241 cm³/mol. The predicted octanol–water partition coefficient (Wildman–Crippen LogP) is 12.9. The number of nitrogens with two attached hydrogens (primary N) is 1. The number of hydrogen-bond acceptors (Lipinski definition) is 7. The third kappa shape index (κ3) is 41.7. The van der Waals surface area contributed by atoms with Crippen molar-refractivity contribution in [3.05, 3.63) is 12.2 Å². The Labute approximate surface area is 352 Å². The first kappa shape index (κ1) is 56.2. The lowest BCUT2D eigenvalue weighted by Crippen LogP contribution is -2.47. The number of phosphoric ester groups is 1. The first-order valence-electron chi connectivity index (χ1n) is 24.4. The molecular weight excluding hydrogens is 735 g/mol. The molecule has 1 amide bonds. The maximum absolute atomic E-state index is 12.9. The molecule has 0 aromatic carbocycles. The van der Waals surface area contributed by atoms with Crippen molar-refractivity contribution in [3.8, 4) is 0 Å². The number of hydrogen-bond donors (Lipinski definition) is 5. The van der Waals surface area contributed by atoms with Gasteiger partial charge in [0.15, 0.2) is 0 Å². The number of phosphoric acid groups is 1. The number of rotatable bonds is 46. The summed E-state index contributed by atoms with van der Waals surface area (Å²) >= 11 is 0. The van der Waals surface area contributed by atoms with E-state index in [0.29, 0.717) is 12.8 Å². The molecule has 0 spiro atoms. The fraction of sp³-hybridized carbons (Fsp3) is 0.936. The second-order valence-electron chi connectivity index (χ2n) is 16.9. The van der Waals surface area contributed by atoms with Crippen molar-refractivity contribution in [2.45, 2.75) is 263 Å². The van der Waals surface area contributed by atoms with Crippen molar-refractivity contribution in [1.82, 2.24) is 5.32 Å². The molecule has 6 N–H and O–H groups in total. The molecule has 4 atom stereocenters. The van der Waals surface area contributed by atoms with Crippen molar-refractivity contribution in [1.29, 1.82) is 0 Å². The lowest BCUT2D eigenvalue weighted by atomic mass is 10.0. The third-order valence-electron chi connectivity index (χ3n) is 11.2. The van der Waals surface area contributed by atoms with Crippen LogP contribution in [-0.4, -0.2) is 59.0 Å². The summed E-state index contributed by atoms with van der Waals surface area (Å²) in [4.78, 5) is 22.8. The number of allylic oxidation sites excluding steroid dienone is 2. The van der Waals surface area contributed by atoms with Crippen LogP contribution >= 0.6 is 7.82 Å². The van der Waals surface area contributed by atoms with Gasteiger partial charge in [0.2, 0.25) is 5.91 Å². The lowest BCUT2D eigenvalue weighted by molar-refractivity contribution is -0.125. The Balaban J connectivity index is 4.19. The Morgan fingerprint density at radius 2 is 0.947 bits per heavy atom. The number of unbranched alkanes of at least 4 members (excludes halogenated alkanes) is 30. The minimum absolute atomic E-state index is 0.0596. The van der Waals surface area contributed by atoms with E-state index in [1.54, 1.807) is 0 Å². The number of amides is 1. The first-order valence-corrected chi connectivity index (χ1v) is 25.9. The fourth-order valence-electron chi connectivity index (χ4n) is 7.47. The number of carbonyl (C=O) groups is 1. The van der Waals surface area contributed by atoms with E-state index in [9.17, 15) is 24.5 Å². The largest absolute Gasteiger partial charge is 0.472 e. The van der Waals surface area contributed by atoms with Gasteiger partial charge in [0.1, 0.15) is 0 Å². The van der Waals surface area contributed by atoms with E-state index in [0.717, 1.165) is 51.4 Å². The number of nitrogens with one attached hydrogen (secondary N) is 1. The van der Waals surface area contributed by atoms with Gasteiger partial charge in [-0.15, -0.1) is 0 Å². The van der Waals surface area contributed by atoms with Crippen LogP contribution in [0.25, 0.3) is 0 Å². The number of aliphatic hydroxyl groups is 2. The summed E-state index contributed by atoms with van der Waals surface area (Å²) < 4.78 is 22.2. The van der Waals surface area contributed by atoms with E-state index in [4.69, 9.17) is 14.8 Å². The molecule has 0 aromatic heterocycles. The second kappa shape index (κ2) is 43.3. The van der Waals surface area contributed by atoms with Gasteiger partial charge in [-0.25, -0.2) is 4.57 Å².